The fraction of sp³-hybridized carbons (Fsp3) is 0.500. The van der Waals surface area contributed by atoms with Gasteiger partial charge in [-0.25, -0.2) is 9.59 Å². The highest BCUT2D eigenvalue weighted by Crippen LogP contribution is 2.46. The van der Waals surface area contributed by atoms with Crippen molar-refractivity contribution in [2.24, 2.45) is 5.92 Å². The van der Waals surface area contributed by atoms with E-state index in [1.165, 1.54) is 16.7 Å². The average Bonchev–Trinajstić information content (AvgIpc) is 2.80. The van der Waals surface area contributed by atoms with E-state index in [2.05, 4.69) is 0 Å². The van der Waals surface area contributed by atoms with E-state index in [1.807, 2.05) is 86.6 Å². The molecule has 2 aromatic carbocycles. The molecule has 0 fully saturated rings. The van der Waals surface area contributed by atoms with Gasteiger partial charge < -0.3 is 20.1 Å². The number of hydrogen-bond acceptors (Lipinski definition) is 6. The number of thioether (sulfide) groups is 1. The van der Waals surface area contributed by atoms with Gasteiger partial charge in [0.1, 0.15) is 22.0 Å². The molecule has 7 nitrogen and oxygen atoms in total. The van der Waals surface area contributed by atoms with Crippen molar-refractivity contribution in [3.8, 4) is 5.75 Å². The number of rotatable bonds is 7. The number of benzene rings is 2. The van der Waals surface area contributed by atoms with Crippen LogP contribution in [-0.2, 0) is 21.4 Å². The number of anilines is 1. The summed E-state index contributed by atoms with van der Waals surface area (Å²) in [5.74, 6) is -0.394. The second-order valence-electron chi connectivity index (χ2n) is 13.0. The molecule has 8 heteroatoms. The number of carboxylic acid groups (broad SMARTS) is 1. The molecule has 3 N–H and O–H groups in total. The van der Waals surface area contributed by atoms with Crippen LogP contribution in [0.2, 0.25) is 0 Å². The summed E-state index contributed by atoms with van der Waals surface area (Å²) in [6, 6.07) is 10.7. The van der Waals surface area contributed by atoms with Gasteiger partial charge in [0.05, 0.1) is 5.69 Å². The number of hydrogen-bond donors (Lipinski definition) is 3. The first-order valence-electron chi connectivity index (χ1n) is 13.7. The minimum Gasteiger partial charge on any atom is -0.511 e. The van der Waals surface area contributed by atoms with Crippen LogP contribution in [0.5, 0.6) is 5.75 Å². The summed E-state index contributed by atoms with van der Waals surface area (Å²) in [4.78, 5) is 28.0. The van der Waals surface area contributed by atoms with Crippen molar-refractivity contribution < 1.29 is 29.6 Å². The van der Waals surface area contributed by atoms with E-state index >= 15 is 0 Å². The lowest BCUT2D eigenvalue weighted by Gasteiger charge is -2.40. The molecule has 0 bridgehead atoms. The standard InChI is InChI=1S/C32H43NO6S/c1-19(2)32(15-14-21-10-12-22(34)13-11-21)18-25(35)27(28(36)39-32)40-26-16-20(3)24(17-23(26)30(4,5)6)33(29(37)38)31(7,8)9/h10-13,16-17,19,34-35H,14-15,18H2,1-9H3,(H,37,38). The van der Waals surface area contributed by atoms with Gasteiger partial charge in [0.2, 0.25) is 0 Å². The fourth-order valence-corrected chi connectivity index (χ4v) is 6.31. The van der Waals surface area contributed by atoms with Gasteiger partial charge in [0, 0.05) is 16.9 Å². The number of phenolic OH excluding ortho intramolecular Hbond substituents is 1. The summed E-state index contributed by atoms with van der Waals surface area (Å²) in [7, 11) is 0. The summed E-state index contributed by atoms with van der Waals surface area (Å²) in [6.07, 6.45) is 0.325. The molecule has 3 rings (SSSR count). The Morgan fingerprint density at radius 2 is 1.68 bits per heavy atom. The van der Waals surface area contributed by atoms with Crippen molar-refractivity contribution in [1.29, 1.82) is 0 Å². The van der Waals surface area contributed by atoms with Gasteiger partial charge in [-0.15, -0.1) is 0 Å². The third-order valence-electron chi connectivity index (χ3n) is 7.46. The van der Waals surface area contributed by atoms with Gasteiger partial charge >= 0.3 is 12.1 Å². The first-order chi connectivity index (χ1) is 18.4. The molecular formula is C32H43NO6S. The monoisotopic (exact) mass is 569 g/mol. The quantitative estimate of drug-likeness (QED) is 0.289. The minimum atomic E-state index is -1.04. The summed E-state index contributed by atoms with van der Waals surface area (Å²) in [5, 5.41) is 30.8. The van der Waals surface area contributed by atoms with Crippen molar-refractivity contribution in [3.63, 3.8) is 0 Å². The van der Waals surface area contributed by atoms with Gasteiger partial charge in [-0.1, -0.05) is 58.5 Å². The van der Waals surface area contributed by atoms with Crippen molar-refractivity contribution >= 4 is 29.5 Å². The normalized spacial score (nSPS) is 18.2. The number of aliphatic hydroxyl groups excluding tert-OH is 1. The Morgan fingerprint density at radius 1 is 1.07 bits per heavy atom. The van der Waals surface area contributed by atoms with Crippen molar-refractivity contribution in [1.82, 2.24) is 0 Å². The van der Waals surface area contributed by atoms with Crippen LogP contribution >= 0.6 is 11.8 Å². The number of phenols is 1. The Labute approximate surface area is 242 Å². The van der Waals surface area contributed by atoms with E-state index in [4.69, 9.17) is 4.74 Å². The first kappa shape index (κ1) is 31.4. The number of esters is 1. The molecule has 1 unspecified atom stereocenters. The predicted molar refractivity (Wildman–Crippen MR) is 160 cm³/mol. The molecule has 1 aliphatic rings. The average molecular weight is 570 g/mol. The zero-order valence-corrected chi connectivity index (χ0v) is 25.9. The summed E-state index contributed by atoms with van der Waals surface area (Å²) < 4.78 is 6.12. The molecule has 1 atom stereocenters. The largest absolute Gasteiger partial charge is 0.511 e. The topological polar surface area (TPSA) is 107 Å². The van der Waals surface area contributed by atoms with Gasteiger partial charge in [0.15, 0.2) is 0 Å². The highest BCUT2D eigenvalue weighted by atomic mass is 32.2. The molecule has 0 saturated carbocycles. The van der Waals surface area contributed by atoms with E-state index in [1.54, 1.807) is 12.1 Å². The molecule has 1 amide bonds. The second kappa shape index (κ2) is 11.4. The number of carbonyl (C=O) groups is 2. The molecule has 1 heterocycles. The predicted octanol–water partition coefficient (Wildman–Crippen LogP) is 8.12. The van der Waals surface area contributed by atoms with Gasteiger partial charge in [0.25, 0.3) is 0 Å². The van der Waals surface area contributed by atoms with Gasteiger partial charge in [-0.05, 0) is 92.8 Å². The third-order valence-corrected chi connectivity index (χ3v) is 8.62. The molecule has 0 aromatic heterocycles. The number of cyclic esters (lactones) is 1. The maximum absolute atomic E-state index is 13.4. The van der Waals surface area contributed by atoms with Crippen LogP contribution < -0.4 is 4.90 Å². The van der Waals surface area contributed by atoms with Crippen LogP contribution in [0.25, 0.3) is 0 Å². The molecule has 40 heavy (non-hydrogen) atoms. The lowest BCUT2D eigenvalue weighted by Crippen LogP contribution is -2.45. The lowest BCUT2D eigenvalue weighted by atomic mass is 9.80. The number of nitrogens with zero attached hydrogens (tertiary/aromatic N) is 1. The summed E-state index contributed by atoms with van der Waals surface area (Å²) in [5.41, 5.74) is 1.34. The van der Waals surface area contributed by atoms with Crippen molar-refractivity contribution in [2.75, 3.05) is 4.90 Å². The van der Waals surface area contributed by atoms with E-state index in [9.17, 15) is 24.9 Å². The Morgan fingerprint density at radius 3 is 2.15 bits per heavy atom. The Bertz CT molecular complexity index is 1300. The molecule has 0 radical (unpaired) electrons. The second-order valence-corrected chi connectivity index (χ2v) is 14.1. The van der Waals surface area contributed by atoms with Crippen molar-refractivity contribution in [2.45, 2.75) is 103 Å². The zero-order chi connectivity index (χ0) is 30.2. The zero-order valence-electron chi connectivity index (χ0n) is 25.1. The maximum Gasteiger partial charge on any atom is 0.412 e. The molecular weight excluding hydrogens is 526 g/mol. The minimum absolute atomic E-state index is 0.00380. The molecule has 218 valence electrons. The molecule has 0 saturated heterocycles. The molecule has 0 aliphatic carbocycles. The Hall–Kier alpha value is -3.13. The Kier molecular flexibility index (Phi) is 8.94. The highest BCUT2D eigenvalue weighted by molar-refractivity contribution is 8.04. The van der Waals surface area contributed by atoms with E-state index in [-0.39, 0.29) is 34.2 Å². The Balaban J connectivity index is 1.99. The van der Waals surface area contributed by atoms with Crippen LogP contribution in [0.1, 0.15) is 84.9 Å². The number of ether oxygens (including phenoxy) is 1. The number of aliphatic hydroxyl groups is 1. The molecule has 0 spiro atoms. The lowest BCUT2D eigenvalue weighted by molar-refractivity contribution is -0.164. The van der Waals surface area contributed by atoms with Crippen LogP contribution in [0.4, 0.5) is 10.5 Å². The fourth-order valence-electron chi connectivity index (χ4n) is 5.06. The SMILES string of the molecule is Cc1cc(SC2=C(O)CC(CCc3ccc(O)cc3)(C(C)C)OC2=O)c(C(C)(C)C)cc1N(C(=O)O)C(C)(C)C. The van der Waals surface area contributed by atoms with Gasteiger partial charge in [-0.3, -0.25) is 4.90 Å². The summed E-state index contributed by atoms with van der Waals surface area (Å²) in [6.45, 7) is 17.5. The van der Waals surface area contributed by atoms with E-state index in [0.717, 1.165) is 21.6 Å². The van der Waals surface area contributed by atoms with Crippen LogP contribution in [0.15, 0.2) is 52.0 Å². The molecule has 1 aliphatic heterocycles. The summed E-state index contributed by atoms with van der Waals surface area (Å²) >= 11 is 1.17. The third kappa shape index (κ3) is 6.77. The maximum atomic E-state index is 13.4. The van der Waals surface area contributed by atoms with Gasteiger partial charge in [-0.2, -0.15) is 0 Å². The molecule has 2 aromatic rings. The smallest absolute Gasteiger partial charge is 0.412 e. The van der Waals surface area contributed by atoms with Crippen LogP contribution in [-0.4, -0.2) is 38.5 Å². The first-order valence-corrected chi connectivity index (χ1v) is 14.5. The number of aromatic hydroxyl groups is 1. The van der Waals surface area contributed by atoms with E-state index in [0.29, 0.717) is 18.5 Å². The number of amides is 1. The van der Waals surface area contributed by atoms with E-state index < -0.39 is 23.2 Å². The number of carbonyl (C=O) groups excluding carboxylic acids is 1. The van der Waals surface area contributed by atoms with Crippen molar-refractivity contribution in [3.05, 3.63) is 63.8 Å². The van der Waals surface area contributed by atoms with Crippen LogP contribution in [0, 0.1) is 12.8 Å². The number of aryl methyl sites for hydroxylation is 2. The van der Waals surface area contributed by atoms with Crippen LogP contribution in [0.3, 0.4) is 0 Å². The highest BCUT2D eigenvalue weighted by Gasteiger charge is 2.44.